The maximum Gasteiger partial charge on any atom is 0.229 e. The van der Waals surface area contributed by atoms with E-state index in [9.17, 15) is 15.0 Å². The molecule has 0 aromatic carbocycles. The van der Waals surface area contributed by atoms with Crippen LogP contribution in [0.1, 0.15) is 42.4 Å². The Bertz CT molecular complexity index is 1360. The van der Waals surface area contributed by atoms with E-state index in [0.29, 0.717) is 39.6 Å². The van der Waals surface area contributed by atoms with E-state index >= 15 is 0 Å². The fourth-order valence-corrected chi connectivity index (χ4v) is 6.22. The molecular formula is C23H23ClN6O3S. The van der Waals surface area contributed by atoms with Crippen LogP contribution in [0.5, 0.6) is 0 Å². The fourth-order valence-electron chi connectivity index (χ4n) is 5.32. The molecule has 6 rings (SSSR count). The van der Waals surface area contributed by atoms with Crippen LogP contribution in [0.25, 0.3) is 11.2 Å². The van der Waals surface area contributed by atoms with Gasteiger partial charge in [0.25, 0.3) is 0 Å². The number of thiophene rings is 1. The zero-order valence-corrected chi connectivity index (χ0v) is 19.9. The number of amides is 1. The van der Waals surface area contributed by atoms with Crippen LogP contribution in [0.4, 0.5) is 5.82 Å². The number of aliphatic hydroxyl groups excluding tert-OH is 2. The molecular weight excluding hydrogens is 476 g/mol. The molecule has 3 heterocycles. The molecule has 3 aliphatic carbocycles. The Morgan fingerprint density at radius 3 is 2.79 bits per heavy atom. The van der Waals surface area contributed by atoms with Gasteiger partial charge in [0.05, 0.1) is 33.1 Å². The lowest BCUT2D eigenvalue weighted by Gasteiger charge is -2.27. The number of aromatic nitrogens is 4. The number of carbonyl (C=O) groups excluding carboxylic acids is 1. The minimum Gasteiger partial charge on any atom is -0.389 e. The number of carbonyl (C=O) groups is 1. The van der Waals surface area contributed by atoms with Crippen molar-refractivity contribution in [2.75, 3.05) is 12.4 Å². The van der Waals surface area contributed by atoms with Crippen molar-refractivity contribution in [2.24, 2.45) is 11.3 Å². The predicted octanol–water partition coefficient (Wildman–Crippen LogP) is 1.93. The summed E-state index contributed by atoms with van der Waals surface area (Å²) in [6, 6.07) is 3.43. The maximum absolute atomic E-state index is 12.5. The van der Waals surface area contributed by atoms with E-state index in [1.165, 1.54) is 17.8 Å². The normalized spacial score (nSPS) is 29.8. The van der Waals surface area contributed by atoms with Gasteiger partial charge in [-0.15, -0.1) is 11.3 Å². The van der Waals surface area contributed by atoms with Gasteiger partial charge in [-0.3, -0.25) is 4.79 Å². The van der Waals surface area contributed by atoms with Crippen molar-refractivity contribution in [1.82, 2.24) is 24.8 Å². The van der Waals surface area contributed by atoms with Gasteiger partial charge >= 0.3 is 0 Å². The third-order valence-electron chi connectivity index (χ3n) is 7.38. The molecule has 11 heteroatoms. The topological polar surface area (TPSA) is 125 Å². The summed E-state index contributed by atoms with van der Waals surface area (Å²) in [4.78, 5) is 27.2. The van der Waals surface area contributed by atoms with Crippen LogP contribution in [0, 0.1) is 23.2 Å². The van der Waals surface area contributed by atoms with E-state index in [0.717, 1.165) is 17.7 Å². The first-order valence-corrected chi connectivity index (χ1v) is 12.5. The molecule has 9 nitrogen and oxygen atoms in total. The monoisotopic (exact) mass is 498 g/mol. The van der Waals surface area contributed by atoms with Gasteiger partial charge in [0.1, 0.15) is 6.10 Å². The van der Waals surface area contributed by atoms with Crippen molar-refractivity contribution in [3.05, 3.63) is 33.5 Å². The van der Waals surface area contributed by atoms with E-state index in [-0.39, 0.29) is 11.8 Å². The molecule has 0 bridgehead atoms. The van der Waals surface area contributed by atoms with Crippen LogP contribution in [-0.2, 0) is 4.79 Å². The lowest BCUT2D eigenvalue weighted by molar-refractivity contribution is -0.132. The van der Waals surface area contributed by atoms with Crippen molar-refractivity contribution >= 4 is 45.8 Å². The highest BCUT2D eigenvalue weighted by molar-refractivity contribution is 7.16. The zero-order valence-electron chi connectivity index (χ0n) is 18.3. The summed E-state index contributed by atoms with van der Waals surface area (Å²) in [5.74, 6) is 6.54. The first kappa shape index (κ1) is 21.8. The summed E-state index contributed by atoms with van der Waals surface area (Å²) in [6.07, 6.45) is 3.13. The lowest BCUT2D eigenvalue weighted by Crippen LogP contribution is -2.41. The quantitative estimate of drug-likeness (QED) is 0.405. The Morgan fingerprint density at radius 2 is 2.12 bits per heavy atom. The molecule has 3 aromatic rings. The van der Waals surface area contributed by atoms with Gasteiger partial charge in [0.2, 0.25) is 11.7 Å². The van der Waals surface area contributed by atoms with Crippen LogP contribution < -0.4 is 10.6 Å². The maximum atomic E-state index is 12.5. The number of anilines is 1. The number of nitrogens with zero attached hydrogens (tertiary/aromatic N) is 4. The first-order chi connectivity index (χ1) is 16.4. The molecule has 3 aliphatic rings. The van der Waals surface area contributed by atoms with E-state index in [1.807, 2.05) is 6.07 Å². The predicted molar refractivity (Wildman–Crippen MR) is 128 cm³/mol. The van der Waals surface area contributed by atoms with E-state index in [4.69, 9.17) is 11.6 Å². The van der Waals surface area contributed by atoms with Crippen LogP contribution in [0.3, 0.4) is 0 Å². The molecule has 34 heavy (non-hydrogen) atoms. The molecule has 0 spiro atoms. The summed E-state index contributed by atoms with van der Waals surface area (Å²) >= 11 is 7.39. The highest BCUT2D eigenvalue weighted by Crippen LogP contribution is 2.67. The number of hydrogen-bond donors (Lipinski definition) is 4. The Morgan fingerprint density at radius 1 is 1.29 bits per heavy atom. The molecule has 3 saturated carbocycles. The molecule has 4 N–H and O–H groups in total. The first-order valence-electron chi connectivity index (χ1n) is 11.3. The number of nitrogens with one attached hydrogen (secondary N) is 2. The molecule has 5 atom stereocenters. The SMILES string of the molecule is CNC(=O)[C@]12C[C@@H]1[C@@H](n1cnc3c(NC4CCC4)nc(C#Cc4ccc(Cl)s4)nc31)[C@@H](O)C2O. The van der Waals surface area contributed by atoms with Gasteiger partial charge in [0, 0.05) is 19.0 Å². The van der Waals surface area contributed by atoms with Gasteiger partial charge in [-0.1, -0.05) is 11.6 Å². The van der Waals surface area contributed by atoms with Crippen LogP contribution >= 0.6 is 22.9 Å². The fraction of sp³-hybridized carbons (Fsp3) is 0.478. The number of rotatable bonds is 4. The van der Waals surface area contributed by atoms with Crippen molar-refractivity contribution < 1.29 is 15.0 Å². The largest absolute Gasteiger partial charge is 0.389 e. The molecule has 1 amide bonds. The second-order valence-electron chi connectivity index (χ2n) is 9.20. The average molecular weight is 499 g/mol. The van der Waals surface area contributed by atoms with E-state index in [2.05, 4.69) is 37.4 Å². The van der Waals surface area contributed by atoms with Crippen LogP contribution in [0.15, 0.2) is 18.5 Å². The lowest BCUT2D eigenvalue weighted by atomic mass is 9.93. The van der Waals surface area contributed by atoms with Crippen molar-refractivity contribution in [1.29, 1.82) is 0 Å². The average Bonchev–Trinajstić information content (AvgIpc) is 3.05. The summed E-state index contributed by atoms with van der Waals surface area (Å²) in [5.41, 5.74) is 0.119. The van der Waals surface area contributed by atoms with E-state index in [1.54, 1.807) is 24.0 Å². The Labute approximate surface area is 204 Å². The summed E-state index contributed by atoms with van der Waals surface area (Å²) in [5, 5.41) is 27.8. The smallest absolute Gasteiger partial charge is 0.229 e. The molecule has 0 radical (unpaired) electrons. The molecule has 3 aromatic heterocycles. The van der Waals surface area contributed by atoms with Gasteiger partial charge in [-0.2, -0.15) is 0 Å². The molecule has 176 valence electrons. The molecule has 0 saturated heterocycles. The molecule has 1 unspecified atom stereocenters. The summed E-state index contributed by atoms with van der Waals surface area (Å²) < 4.78 is 2.43. The second kappa shape index (κ2) is 7.92. The summed E-state index contributed by atoms with van der Waals surface area (Å²) in [6.45, 7) is 0. The van der Waals surface area contributed by atoms with Crippen LogP contribution in [-0.4, -0.2) is 60.9 Å². The zero-order chi connectivity index (χ0) is 23.6. The minimum absolute atomic E-state index is 0.212. The highest BCUT2D eigenvalue weighted by Gasteiger charge is 2.75. The van der Waals surface area contributed by atoms with E-state index < -0.39 is 23.7 Å². The third kappa shape index (κ3) is 3.22. The Balaban J connectivity index is 1.43. The number of halogens is 1. The standard InChI is InChI=1S/C23H23ClN6O3S/c1-25-22(33)23-9-13(23)17(18(31)19(23)32)30-10-26-16-20(27-11-3-2-4-11)28-15(29-21(16)30)8-6-12-5-7-14(24)34-12/h5,7,10-11,13,17-19,31-32H,2-4,9H2,1H3,(H,25,33)(H,27,28,29)/t13-,17-,18-,19?,23-/m1/s1. The minimum atomic E-state index is -1.16. The summed E-state index contributed by atoms with van der Waals surface area (Å²) in [7, 11) is 1.54. The van der Waals surface area contributed by atoms with Crippen molar-refractivity contribution in [2.45, 2.75) is 50.0 Å². The van der Waals surface area contributed by atoms with Gasteiger partial charge in [-0.05, 0) is 49.7 Å². The third-order valence-corrected chi connectivity index (χ3v) is 8.53. The number of hydrogen-bond acceptors (Lipinski definition) is 8. The molecule has 0 aliphatic heterocycles. The number of aliphatic hydroxyl groups is 2. The van der Waals surface area contributed by atoms with Crippen LogP contribution in [0.2, 0.25) is 4.34 Å². The Hall–Kier alpha value is -2.71. The van der Waals surface area contributed by atoms with Gasteiger partial charge in [0.15, 0.2) is 17.0 Å². The Kier molecular flexibility index (Phi) is 5.08. The van der Waals surface area contributed by atoms with Gasteiger partial charge < -0.3 is 25.4 Å². The second-order valence-corrected chi connectivity index (χ2v) is 10.9. The van der Waals surface area contributed by atoms with Gasteiger partial charge in [-0.25, -0.2) is 15.0 Å². The highest BCUT2D eigenvalue weighted by atomic mass is 35.5. The molecule has 3 fully saturated rings. The van der Waals surface area contributed by atoms with Crippen molar-refractivity contribution in [3.8, 4) is 11.8 Å². The number of fused-ring (bicyclic) bond motifs is 2. The number of imidazole rings is 1. The van der Waals surface area contributed by atoms with Crippen molar-refractivity contribution in [3.63, 3.8) is 0 Å².